The molecule has 0 fully saturated rings. The van der Waals surface area contributed by atoms with E-state index in [0.29, 0.717) is 36.2 Å². The first kappa shape index (κ1) is 16.1. The van der Waals surface area contributed by atoms with Crippen molar-refractivity contribution in [3.05, 3.63) is 65.7 Å². The Labute approximate surface area is 144 Å². The number of nitrogens with zero attached hydrogens (tertiary/aromatic N) is 4. The number of hydrogen-bond donors (Lipinski definition) is 1. The van der Waals surface area contributed by atoms with Gasteiger partial charge < -0.3 is 9.88 Å². The van der Waals surface area contributed by atoms with Crippen LogP contribution in [0.5, 0.6) is 0 Å². The minimum Gasteiger partial charge on any atom is -0.354 e. The van der Waals surface area contributed by atoms with E-state index in [1.807, 2.05) is 22.9 Å². The molecule has 7 heteroatoms. The maximum Gasteiger partial charge on any atom is 0.224 e. The Morgan fingerprint density at radius 2 is 1.83 bits per heavy atom. The van der Waals surface area contributed by atoms with Crippen molar-refractivity contribution in [3.8, 4) is 11.6 Å². The number of amides is 1. The highest BCUT2D eigenvalue weighted by atomic mass is 35.5. The fourth-order valence-electron chi connectivity index (χ4n) is 2.28. The van der Waals surface area contributed by atoms with E-state index in [4.69, 9.17) is 11.6 Å². The molecule has 2 heterocycles. The van der Waals surface area contributed by atoms with E-state index < -0.39 is 0 Å². The molecule has 0 unspecified atom stereocenters. The number of hydrogen-bond acceptors (Lipinski definition) is 4. The molecule has 3 rings (SSSR count). The van der Waals surface area contributed by atoms with E-state index in [9.17, 15) is 4.79 Å². The third-order valence-electron chi connectivity index (χ3n) is 3.43. The van der Waals surface area contributed by atoms with Crippen LogP contribution in [-0.4, -0.2) is 32.0 Å². The third kappa shape index (κ3) is 4.17. The molecular weight excluding hydrogens is 326 g/mol. The van der Waals surface area contributed by atoms with Gasteiger partial charge in [0.05, 0.1) is 6.42 Å². The predicted molar refractivity (Wildman–Crippen MR) is 91.4 cm³/mol. The number of carbonyl (C=O) groups is 1. The molecule has 0 aliphatic rings. The normalized spacial score (nSPS) is 10.5. The topological polar surface area (TPSA) is 72.7 Å². The van der Waals surface area contributed by atoms with Gasteiger partial charge in [-0.3, -0.25) is 4.79 Å². The molecule has 0 bridgehead atoms. The van der Waals surface area contributed by atoms with Gasteiger partial charge in [0.15, 0.2) is 11.6 Å². The molecule has 1 N–H and O–H groups in total. The van der Waals surface area contributed by atoms with Crippen LogP contribution in [0, 0.1) is 0 Å². The molecule has 0 atom stereocenters. The van der Waals surface area contributed by atoms with Gasteiger partial charge in [-0.1, -0.05) is 23.7 Å². The summed E-state index contributed by atoms with van der Waals surface area (Å²) in [5.41, 5.74) is 0.929. The summed E-state index contributed by atoms with van der Waals surface area (Å²) in [7, 11) is 0. The number of imidazole rings is 1. The van der Waals surface area contributed by atoms with Crippen LogP contribution >= 0.6 is 11.6 Å². The largest absolute Gasteiger partial charge is 0.354 e. The molecule has 0 aliphatic heterocycles. The highest BCUT2D eigenvalue weighted by Gasteiger charge is 2.08. The van der Waals surface area contributed by atoms with Crippen molar-refractivity contribution in [2.75, 3.05) is 6.54 Å². The molecule has 6 nitrogen and oxygen atoms in total. The van der Waals surface area contributed by atoms with E-state index in [0.717, 1.165) is 5.56 Å². The lowest BCUT2D eigenvalue weighted by molar-refractivity contribution is -0.120. The van der Waals surface area contributed by atoms with Gasteiger partial charge in [-0.15, -0.1) is 0 Å². The van der Waals surface area contributed by atoms with E-state index in [-0.39, 0.29) is 5.91 Å². The fourth-order valence-corrected chi connectivity index (χ4v) is 2.40. The van der Waals surface area contributed by atoms with E-state index in [1.54, 1.807) is 36.8 Å². The van der Waals surface area contributed by atoms with Crippen LogP contribution in [-0.2, 0) is 17.8 Å². The fraction of sp³-hybridized carbons (Fsp3) is 0.176. The number of halogens is 1. The van der Waals surface area contributed by atoms with Crippen LogP contribution < -0.4 is 5.32 Å². The van der Waals surface area contributed by atoms with Gasteiger partial charge in [0.1, 0.15) is 0 Å². The van der Waals surface area contributed by atoms with Gasteiger partial charge in [-0.05, 0) is 23.8 Å². The van der Waals surface area contributed by atoms with Crippen molar-refractivity contribution in [1.82, 2.24) is 24.8 Å². The van der Waals surface area contributed by atoms with Crippen LogP contribution in [0.15, 0.2) is 55.1 Å². The number of aromatic nitrogens is 4. The first-order valence-corrected chi connectivity index (χ1v) is 7.90. The van der Waals surface area contributed by atoms with Gasteiger partial charge >= 0.3 is 0 Å². The summed E-state index contributed by atoms with van der Waals surface area (Å²) in [4.78, 5) is 24.7. The third-order valence-corrected chi connectivity index (χ3v) is 3.69. The number of nitrogens with one attached hydrogen (secondary N) is 1. The Kier molecular flexibility index (Phi) is 5.18. The number of carbonyl (C=O) groups excluding carboxylic acids is 1. The number of benzene rings is 1. The van der Waals surface area contributed by atoms with Crippen molar-refractivity contribution >= 4 is 17.5 Å². The highest BCUT2D eigenvalue weighted by Crippen LogP contribution is 2.11. The molecule has 3 aromatic rings. The second-order valence-electron chi connectivity index (χ2n) is 5.17. The molecule has 0 saturated heterocycles. The van der Waals surface area contributed by atoms with Crippen LogP contribution in [0.4, 0.5) is 0 Å². The standard InChI is InChI=1S/C17H16ClN5O/c18-14-4-2-13(3-5-14)12-15(24)19-8-10-23-11-9-22-17(23)16-20-6-1-7-21-16/h1-7,9,11H,8,10,12H2,(H,19,24). The minimum atomic E-state index is -0.0325. The van der Waals surface area contributed by atoms with Crippen molar-refractivity contribution < 1.29 is 4.79 Å². The zero-order valence-corrected chi connectivity index (χ0v) is 13.6. The Hall–Kier alpha value is -2.73. The van der Waals surface area contributed by atoms with E-state index >= 15 is 0 Å². The van der Waals surface area contributed by atoms with Crippen molar-refractivity contribution in [2.45, 2.75) is 13.0 Å². The Morgan fingerprint density at radius 1 is 1.08 bits per heavy atom. The summed E-state index contributed by atoms with van der Waals surface area (Å²) < 4.78 is 1.91. The summed E-state index contributed by atoms with van der Waals surface area (Å²) in [5, 5.41) is 3.56. The zero-order chi connectivity index (χ0) is 16.8. The Balaban J connectivity index is 1.53. The van der Waals surface area contributed by atoms with Crippen LogP contribution in [0.1, 0.15) is 5.56 Å². The van der Waals surface area contributed by atoms with Gasteiger partial charge in [-0.2, -0.15) is 0 Å². The first-order chi connectivity index (χ1) is 11.7. The van der Waals surface area contributed by atoms with Gasteiger partial charge in [0, 0.05) is 42.9 Å². The first-order valence-electron chi connectivity index (χ1n) is 7.52. The van der Waals surface area contributed by atoms with Crippen LogP contribution in [0.2, 0.25) is 5.02 Å². The molecule has 1 amide bonds. The molecule has 0 aliphatic carbocycles. The summed E-state index contributed by atoms with van der Waals surface area (Å²) in [6.45, 7) is 1.10. The van der Waals surface area contributed by atoms with Crippen molar-refractivity contribution in [1.29, 1.82) is 0 Å². The molecule has 122 valence electrons. The zero-order valence-electron chi connectivity index (χ0n) is 12.9. The van der Waals surface area contributed by atoms with E-state index in [1.165, 1.54) is 0 Å². The maximum atomic E-state index is 12.0. The van der Waals surface area contributed by atoms with E-state index in [2.05, 4.69) is 20.3 Å². The molecule has 1 aromatic carbocycles. The second kappa shape index (κ2) is 7.70. The Morgan fingerprint density at radius 3 is 2.58 bits per heavy atom. The molecular formula is C17H16ClN5O. The average molecular weight is 342 g/mol. The summed E-state index contributed by atoms with van der Waals surface area (Å²) in [6, 6.07) is 9.02. The molecule has 0 saturated carbocycles. The minimum absolute atomic E-state index is 0.0325. The Bertz CT molecular complexity index is 801. The quantitative estimate of drug-likeness (QED) is 0.747. The SMILES string of the molecule is O=C(Cc1ccc(Cl)cc1)NCCn1ccnc1-c1ncccn1. The smallest absolute Gasteiger partial charge is 0.224 e. The average Bonchev–Trinajstić information content (AvgIpc) is 3.06. The predicted octanol–water partition coefficient (Wildman–Crippen LogP) is 2.35. The van der Waals surface area contributed by atoms with Gasteiger partial charge in [0.2, 0.25) is 5.91 Å². The molecule has 2 aromatic heterocycles. The van der Waals surface area contributed by atoms with Gasteiger partial charge in [0.25, 0.3) is 0 Å². The molecule has 24 heavy (non-hydrogen) atoms. The lowest BCUT2D eigenvalue weighted by atomic mass is 10.1. The second-order valence-corrected chi connectivity index (χ2v) is 5.61. The summed E-state index contributed by atoms with van der Waals surface area (Å²) in [5.74, 6) is 1.22. The highest BCUT2D eigenvalue weighted by molar-refractivity contribution is 6.30. The summed E-state index contributed by atoms with van der Waals surface area (Å²) in [6.07, 6.45) is 7.22. The summed E-state index contributed by atoms with van der Waals surface area (Å²) >= 11 is 5.83. The van der Waals surface area contributed by atoms with Gasteiger partial charge in [-0.25, -0.2) is 15.0 Å². The van der Waals surface area contributed by atoms with Crippen LogP contribution in [0.25, 0.3) is 11.6 Å². The van der Waals surface area contributed by atoms with Crippen molar-refractivity contribution in [2.24, 2.45) is 0 Å². The monoisotopic (exact) mass is 341 g/mol. The number of rotatable bonds is 6. The molecule has 0 radical (unpaired) electrons. The van der Waals surface area contributed by atoms with Crippen LogP contribution in [0.3, 0.4) is 0 Å². The lowest BCUT2D eigenvalue weighted by Crippen LogP contribution is -2.28. The maximum absolute atomic E-state index is 12.0. The lowest BCUT2D eigenvalue weighted by Gasteiger charge is -2.08. The molecule has 0 spiro atoms. The van der Waals surface area contributed by atoms with Crippen molar-refractivity contribution in [3.63, 3.8) is 0 Å².